The van der Waals surface area contributed by atoms with Crippen molar-refractivity contribution >= 4 is 28.4 Å². The summed E-state index contributed by atoms with van der Waals surface area (Å²) in [5.41, 5.74) is 0.441. The third-order valence-electron chi connectivity index (χ3n) is 5.70. The van der Waals surface area contributed by atoms with Gasteiger partial charge in [-0.25, -0.2) is 4.99 Å². The average molecular weight is 314 g/mol. The maximum atomic E-state index is 6.53. The van der Waals surface area contributed by atoms with Crippen LogP contribution in [-0.2, 0) is 0 Å². The number of alkyl halides is 1. The van der Waals surface area contributed by atoms with Crippen LogP contribution in [0.15, 0.2) is 17.4 Å². The molecule has 1 atom stereocenters. The fourth-order valence-corrected chi connectivity index (χ4v) is 5.70. The highest BCUT2D eigenvalue weighted by molar-refractivity contribution is 6.72. The topological polar surface area (TPSA) is 36.4 Å². The summed E-state index contributed by atoms with van der Waals surface area (Å²) in [4.78, 5) is 4.09. The maximum Gasteiger partial charge on any atom is 0.220 e. The normalized spacial score (nSPS) is 49.1. The lowest BCUT2D eigenvalue weighted by Gasteiger charge is -2.57. The van der Waals surface area contributed by atoms with E-state index in [0.29, 0.717) is 10.6 Å². The maximum absolute atomic E-state index is 6.53. The van der Waals surface area contributed by atoms with Crippen molar-refractivity contribution in [1.29, 1.82) is 0 Å². The molecule has 0 amide bonds. The zero-order valence-corrected chi connectivity index (χ0v) is 13.1. The van der Waals surface area contributed by atoms with Gasteiger partial charge in [-0.2, -0.15) is 0 Å². The molecule has 4 bridgehead atoms. The zero-order chi connectivity index (χ0) is 13.8. The van der Waals surface area contributed by atoms with E-state index in [1.807, 2.05) is 0 Å². The lowest BCUT2D eigenvalue weighted by Crippen LogP contribution is -2.60. The molecule has 5 aliphatic rings. The van der Waals surface area contributed by atoms with E-state index >= 15 is 0 Å². The summed E-state index contributed by atoms with van der Waals surface area (Å²) in [6, 6.07) is 0. The van der Waals surface area contributed by atoms with Gasteiger partial charge in [-0.05, 0) is 61.7 Å². The Hall–Kier alpha value is -0.250. The summed E-state index contributed by atoms with van der Waals surface area (Å²) in [5.74, 6) is 2.87. The predicted octanol–water partition coefficient (Wildman–Crippen LogP) is 3.40. The van der Waals surface area contributed by atoms with Crippen LogP contribution in [0.4, 0.5) is 0 Å². The van der Waals surface area contributed by atoms with Gasteiger partial charge in [0.25, 0.3) is 0 Å². The lowest BCUT2D eigenvalue weighted by atomic mass is 9.49. The number of hydrogen-bond acceptors (Lipinski definition) is 3. The molecule has 4 saturated carbocycles. The molecule has 4 fully saturated rings. The van der Waals surface area contributed by atoms with Crippen LogP contribution in [0.1, 0.15) is 38.5 Å². The van der Waals surface area contributed by atoms with Crippen molar-refractivity contribution in [2.45, 2.75) is 43.6 Å². The molecule has 20 heavy (non-hydrogen) atoms. The van der Waals surface area contributed by atoms with Crippen LogP contribution in [0.25, 0.3) is 0 Å². The quantitative estimate of drug-likeness (QED) is 0.619. The molecular weight excluding hydrogens is 293 g/mol. The lowest BCUT2D eigenvalue weighted by molar-refractivity contribution is -0.0524. The smallest absolute Gasteiger partial charge is 0.220 e. The van der Waals surface area contributed by atoms with Crippen molar-refractivity contribution in [3.05, 3.63) is 12.4 Å². The van der Waals surface area contributed by atoms with E-state index < -0.39 is 5.12 Å². The summed E-state index contributed by atoms with van der Waals surface area (Å²) in [7, 11) is 0. The molecule has 4 aliphatic carbocycles. The highest BCUT2D eigenvalue weighted by atomic mass is 35.5. The second-order valence-electron chi connectivity index (χ2n) is 7.31. The molecule has 1 heterocycles. The van der Waals surface area contributed by atoms with E-state index in [1.165, 1.54) is 38.5 Å². The SMILES string of the molecule is ClC1=NC=CNC1(Cl)NCC12CC3CC(CC(C3)C1)C2. The van der Waals surface area contributed by atoms with Gasteiger partial charge in [-0.3, -0.25) is 5.32 Å². The number of rotatable bonds is 3. The monoisotopic (exact) mass is 313 g/mol. The second-order valence-corrected chi connectivity index (χ2v) is 8.23. The molecule has 0 saturated heterocycles. The highest BCUT2D eigenvalue weighted by Crippen LogP contribution is 2.59. The molecule has 0 aromatic heterocycles. The van der Waals surface area contributed by atoms with Gasteiger partial charge in [0.2, 0.25) is 5.12 Å². The van der Waals surface area contributed by atoms with Crippen LogP contribution >= 0.6 is 23.2 Å². The Morgan fingerprint density at radius 1 is 1.20 bits per heavy atom. The first kappa shape index (κ1) is 13.4. The number of nitrogens with one attached hydrogen (secondary N) is 2. The van der Waals surface area contributed by atoms with Gasteiger partial charge >= 0.3 is 0 Å². The van der Waals surface area contributed by atoms with Gasteiger partial charge < -0.3 is 5.32 Å². The molecule has 1 aliphatic heterocycles. The molecule has 0 radical (unpaired) electrons. The third-order valence-corrected chi connectivity index (χ3v) is 6.60. The molecule has 1 unspecified atom stereocenters. The third kappa shape index (κ3) is 2.18. The molecule has 0 spiro atoms. The Morgan fingerprint density at radius 2 is 1.80 bits per heavy atom. The van der Waals surface area contributed by atoms with Gasteiger partial charge in [0.15, 0.2) is 5.17 Å². The minimum Gasteiger partial charge on any atom is -0.354 e. The molecule has 5 heteroatoms. The first-order valence-electron chi connectivity index (χ1n) is 7.67. The van der Waals surface area contributed by atoms with E-state index in [2.05, 4.69) is 15.6 Å². The van der Waals surface area contributed by atoms with Crippen LogP contribution in [0.5, 0.6) is 0 Å². The van der Waals surface area contributed by atoms with Crippen molar-refractivity contribution in [1.82, 2.24) is 10.6 Å². The Kier molecular flexibility index (Phi) is 3.10. The van der Waals surface area contributed by atoms with Crippen LogP contribution in [0.2, 0.25) is 0 Å². The number of nitrogens with zero attached hydrogens (tertiary/aromatic N) is 1. The van der Waals surface area contributed by atoms with Crippen molar-refractivity contribution in [2.75, 3.05) is 6.54 Å². The molecule has 0 aromatic rings. The average Bonchev–Trinajstić information content (AvgIpc) is 2.39. The van der Waals surface area contributed by atoms with Crippen LogP contribution < -0.4 is 10.6 Å². The summed E-state index contributed by atoms with van der Waals surface area (Å²) >= 11 is 12.7. The Labute approximate surface area is 130 Å². The van der Waals surface area contributed by atoms with E-state index in [-0.39, 0.29) is 0 Å². The van der Waals surface area contributed by atoms with Gasteiger partial charge in [0.1, 0.15) is 0 Å². The van der Waals surface area contributed by atoms with Crippen molar-refractivity contribution in [3.8, 4) is 0 Å². The molecular formula is C15H21Cl2N3. The van der Waals surface area contributed by atoms with Crippen LogP contribution in [-0.4, -0.2) is 16.8 Å². The second kappa shape index (κ2) is 4.62. The van der Waals surface area contributed by atoms with Gasteiger partial charge in [-0.1, -0.05) is 23.2 Å². The highest BCUT2D eigenvalue weighted by Gasteiger charge is 2.51. The van der Waals surface area contributed by atoms with Crippen LogP contribution in [0, 0.1) is 23.2 Å². The summed E-state index contributed by atoms with van der Waals surface area (Å²) in [6.45, 7) is 0.937. The van der Waals surface area contributed by atoms with Crippen molar-refractivity contribution in [3.63, 3.8) is 0 Å². The summed E-state index contributed by atoms with van der Waals surface area (Å²) in [5, 5.41) is 6.00. The summed E-state index contributed by atoms with van der Waals surface area (Å²) in [6.07, 6.45) is 11.9. The molecule has 0 aromatic carbocycles. The molecule has 5 rings (SSSR count). The van der Waals surface area contributed by atoms with E-state index in [9.17, 15) is 0 Å². The fourth-order valence-electron chi connectivity index (χ4n) is 5.34. The van der Waals surface area contributed by atoms with Gasteiger partial charge in [0.05, 0.1) is 0 Å². The first-order chi connectivity index (χ1) is 9.57. The Bertz CT molecular complexity index is 438. The van der Waals surface area contributed by atoms with Gasteiger partial charge in [-0.15, -0.1) is 0 Å². The number of hydrogen-bond donors (Lipinski definition) is 2. The molecule has 3 nitrogen and oxygen atoms in total. The Balaban J connectivity index is 1.47. The number of aliphatic imine (C=N–C) groups is 1. The fraction of sp³-hybridized carbons (Fsp3) is 0.800. The van der Waals surface area contributed by atoms with E-state index in [1.54, 1.807) is 12.4 Å². The van der Waals surface area contributed by atoms with E-state index in [0.717, 1.165) is 24.3 Å². The minimum atomic E-state index is -0.917. The van der Waals surface area contributed by atoms with Crippen molar-refractivity contribution in [2.24, 2.45) is 28.2 Å². The van der Waals surface area contributed by atoms with Crippen LogP contribution in [0.3, 0.4) is 0 Å². The molecule has 2 N–H and O–H groups in total. The van der Waals surface area contributed by atoms with E-state index in [4.69, 9.17) is 23.2 Å². The number of halogens is 2. The molecule has 110 valence electrons. The van der Waals surface area contributed by atoms with Gasteiger partial charge in [0, 0.05) is 18.9 Å². The van der Waals surface area contributed by atoms with Crippen molar-refractivity contribution < 1.29 is 0 Å². The minimum absolute atomic E-state index is 0.381. The first-order valence-corrected chi connectivity index (χ1v) is 8.43. The zero-order valence-electron chi connectivity index (χ0n) is 11.5. The standard InChI is InChI=1S/C15H21Cl2N3/c16-13-15(17,19-2-1-18-13)20-9-14-6-10-3-11(7-14)5-12(4-10)8-14/h1-2,10-12,19-20H,3-9H2. The summed E-state index contributed by atoms with van der Waals surface area (Å²) < 4.78 is 0. The Morgan fingerprint density at radius 3 is 2.35 bits per heavy atom. The predicted molar refractivity (Wildman–Crippen MR) is 82.8 cm³/mol. The largest absolute Gasteiger partial charge is 0.354 e.